The van der Waals surface area contributed by atoms with Crippen molar-refractivity contribution in [3.8, 4) is 0 Å². The van der Waals surface area contributed by atoms with Crippen LogP contribution >= 0.6 is 0 Å². The Hall–Kier alpha value is -1.42. The largest absolute Gasteiger partial charge is 0.346 e. The first-order valence-corrected chi connectivity index (χ1v) is 5.33. The van der Waals surface area contributed by atoms with Gasteiger partial charge in [0.2, 0.25) is 0 Å². The summed E-state index contributed by atoms with van der Waals surface area (Å²) in [5.74, 6) is -1.49. The summed E-state index contributed by atoms with van der Waals surface area (Å²) in [5.41, 5.74) is 1.72. The van der Waals surface area contributed by atoms with Crippen molar-refractivity contribution >= 4 is 10.9 Å². The fourth-order valence-electron chi connectivity index (χ4n) is 2.49. The summed E-state index contributed by atoms with van der Waals surface area (Å²) in [4.78, 5) is 0. The molecule has 1 aliphatic heterocycles. The van der Waals surface area contributed by atoms with E-state index in [1.807, 2.05) is 17.8 Å². The monoisotopic (exact) mass is 222 g/mol. The SMILES string of the molecule is CNC1Cc2cc(F)c(F)c3ccn(c23)C1. The zero-order valence-electron chi connectivity index (χ0n) is 8.93. The lowest BCUT2D eigenvalue weighted by Gasteiger charge is -2.24. The standard InChI is InChI=1S/C12H12F2N2/c1-15-8-4-7-5-10(13)11(14)9-2-3-16(6-8)12(7)9/h2-3,5,8,15H,4,6H2,1H3. The molecule has 1 N–H and O–H groups in total. The number of hydrogen-bond donors (Lipinski definition) is 1. The molecule has 84 valence electrons. The van der Waals surface area contributed by atoms with Crippen molar-refractivity contribution in [1.82, 2.24) is 9.88 Å². The molecule has 16 heavy (non-hydrogen) atoms. The highest BCUT2D eigenvalue weighted by molar-refractivity contribution is 5.84. The molecule has 2 nitrogen and oxygen atoms in total. The van der Waals surface area contributed by atoms with Gasteiger partial charge in [0.25, 0.3) is 0 Å². The van der Waals surface area contributed by atoms with E-state index >= 15 is 0 Å². The van der Waals surface area contributed by atoms with Crippen LogP contribution in [0.4, 0.5) is 8.78 Å². The summed E-state index contributed by atoms with van der Waals surface area (Å²) in [6.45, 7) is 0.804. The number of halogens is 2. The van der Waals surface area contributed by atoms with E-state index in [4.69, 9.17) is 0 Å². The average Bonchev–Trinajstić information content (AvgIpc) is 2.70. The van der Waals surface area contributed by atoms with Crippen molar-refractivity contribution in [3.05, 3.63) is 35.5 Å². The van der Waals surface area contributed by atoms with E-state index in [2.05, 4.69) is 5.32 Å². The van der Waals surface area contributed by atoms with Crippen LogP contribution in [0.3, 0.4) is 0 Å². The molecule has 4 heteroatoms. The summed E-state index contributed by atoms with van der Waals surface area (Å²) < 4.78 is 28.9. The maximum absolute atomic E-state index is 13.5. The molecule has 0 aliphatic carbocycles. The Morgan fingerprint density at radius 2 is 2.25 bits per heavy atom. The number of rotatable bonds is 1. The lowest BCUT2D eigenvalue weighted by Crippen LogP contribution is -2.35. The second-order valence-electron chi connectivity index (χ2n) is 4.25. The smallest absolute Gasteiger partial charge is 0.168 e. The van der Waals surface area contributed by atoms with Gasteiger partial charge in [0.1, 0.15) is 0 Å². The van der Waals surface area contributed by atoms with Crippen molar-refractivity contribution in [2.75, 3.05) is 7.05 Å². The van der Waals surface area contributed by atoms with Gasteiger partial charge in [0.15, 0.2) is 11.6 Å². The summed E-state index contributed by atoms with van der Waals surface area (Å²) >= 11 is 0. The van der Waals surface area contributed by atoms with Crippen LogP contribution in [0, 0.1) is 11.6 Å². The Bertz CT molecular complexity index is 560. The molecule has 0 saturated heterocycles. The molecule has 1 aliphatic rings. The Kier molecular flexibility index (Phi) is 2.01. The topological polar surface area (TPSA) is 17.0 Å². The lowest BCUT2D eigenvalue weighted by atomic mass is 9.99. The van der Waals surface area contributed by atoms with Gasteiger partial charge in [0, 0.05) is 24.2 Å². The van der Waals surface area contributed by atoms with E-state index in [-0.39, 0.29) is 6.04 Å². The third-order valence-corrected chi connectivity index (χ3v) is 3.31. The predicted octanol–water partition coefficient (Wildman–Crippen LogP) is 2.06. The number of nitrogens with zero attached hydrogens (tertiary/aromatic N) is 1. The molecule has 1 aromatic carbocycles. The lowest BCUT2D eigenvalue weighted by molar-refractivity contribution is 0.465. The molecule has 2 heterocycles. The predicted molar refractivity (Wildman–Crippen MR) is 58.4 cm³/mol. The average molecular weight is 222 g/mol. The Labute approximate surface area is 91.9 Å². The third kappa shape index (κ3) is 1.19. The molecule has 1 unspecified atom stereocenters. The summed E-state index contributed by atoms with van der Waals surface area (Å²) in [6, 6.07) is 3.25. The molecular weight excluding hydrogens is 210 g/mol. The number of nitrogens with one attached hydrogen (secondary N) is 1. The van der Waals surface area contributed by atoms with E-state index in [0.29, 0.717) is 5.39 Å². The van der Waals surface area contributed by atoms with Gasteiger partial charge >= 0.3 is 0 Å². The van der Waals surface area contributed by atoms with Crippen LogP contribution in [0.1, 0.15) is 5.56 Å². The molecule has 0 bridgehead atoms. The van der Waals surface area contributed by atoms with Crippen LogP contribution in [0.2, 0.25) is 0 Å². The van der Waals surface area contributed by atoms with Crippen LogP contribution in [0.5, 0.6) is 0 Å². The highest BCUT2D eigenvalue weighted by atomic mass is 19.2. The van der Waals surface area contributed by atoms with E-state index in [9.17, 15) is 8.78 Å². The van der Waals surface area contributed by atoms with E-state index in [0.717, 1.165) is 24.0 Å². The molecular formula is C12H12F2N2. The van der Waals surface area contributed by atoms with Gasteiger partial charge in [-0.3, -0.25) is 0 Å². The van der Waals surface area contributed by atoms with E-state index in [1.165, 1.54) is 6.07 Å². The maximum Gasteiger partial charge on any atom is 0.168 e. The number of hydrogen-bond acceptors (Lipinski definition) is 1. The van der Waals surface area contributed by atoms with Crippen molar-refractivity contribution in [3.63, 3.8) is 0 Å². The van der Waals surface area contributed by atoms with Crippen molar-refractivity contribution in [2.45, 2.75) is 19.0 Å². The first-order chi connectivity index (χ1) is 7.70. The summed E-state index contributed by atoms with van der Waals surface area (Å²) in [5, 5.41) is 3.57. The van der Waals surface area contributed by atoms with Gasteiger partial charge in [-0.25, -0.2) is 8.78 Å². The number of likely N-dealkylation sites (N-methyl/N-ethyl adjacent to an activating group) is 1. The number of benzene rings is 1. The zero-order chi connectivity index (χ0) is 11.3. The molecule has 0 radical (unpaired) electrons. The Morgan fingerprint density at radius 3 is 3.00 bits per heavy atom. The van der Waals surface area contributed by atoms with Crippen LogP contribution in [0.25, 0.3) is 10.9 Å². The molecule has 0 saturated carbocycles. The van der Waals surface area contributed by atoms with Gasteiger partial charge in [0.05, 0.1) is 5.52 Å². The van der Waals surface area contributed by atoms with E-state index < -0.39 is 11.6 Å². The summed E-state index contributed by atoms with van der Waals surface area (Å²) in [6.07, 6.45) is 2.56. The first kappa shape index (κ1) is 9.78. The van der Waals surface area contributed by atoms with Crippen LogP contribution in [-0.2, 0) is 13.0 Å². The molecule has 0 spiro atoms. The highest BCUT2D eigenvalue weighted by Crippen LogP contribution is 2.29. The Balaban J connectivity index is 2.29. The van der Waals surface area contributed by atoms with Crippen molar-refractivity contribution in [1.29, 1.82) is 0 Å². The van der Waals surface area contributed by atoms with Crippen molar-refractivity contribution < 1.29 is 8.78 Å². The maximum atomic E-state index is 13.5. The van der Waals surface area contributed by atoms with Crippen LogP contribution < -0.4 is 5.32 Å². The van der Waals surface area contributed by atoms with Gasteiger partial charge in [-0.15, -0.1) is 0 Å². The minimum atomic E-state index is -0.753. The fraction of sp³-hybridized carbons (Fsp3) is 0.333. The highest BCUT2D eigenvalue weighted by Gasteiger charge is 2.22. The molecule has 0 amide bonds. The normalized spacial score (nSPS) is 19.3. The van der Waals surface area contributed by atoms with Gasteiger partial charge in [-0.2, -0.15) is 0 Å². The van der Waals surface area contributed by atoms with Crippen molar-refractivity contribution in [2.24, 2.45) is 0 Å². The second-order valence-corrected chi connectivity index (χ2v) is 4.25. The third-order valence-electron chi connectivity index (χ3n) is 3.31. The molecule has 0 fully saturated rings. The van der Waals surface area contributed by atoms with Crippen LogP contribution in [0.15, 0.2) is 18.3 Å². The quantitative estimate of drug-likeness (QED) is 0.781. The molecule has 1 atom stereocenters. The van der Waals surface area contributed by atoms with Crippen LogP contribution in [-0.4, -0.2) is 17.7 Å². The second kappa shape index (κ2) is 3.28. The molecule has 2 aromatic rings. The summed E-state index contributed by atoms with van der Waals surface area (Å²) in [7, 11) is 1.89. The number of aromatic nitrogens is 1. The van der Waals surface area contributed by atoms with E-state index in [1.54, 1.807) is 6.07 Å². The van der Waals surface area contributed by atoms with Gasteiger partial charge < -0.3 is 9.88 Å². The fourth-order valence-corrected chi connectivity index (χ4v) is 2.49. The molecule has 3 rings (SSSR count). The van der Waals surface area contributed by atoms with Gasteiger partial charge in [-0.1, -0.05) is 0 Å². The first-order valence-electron chi connectivity index (χ1n) is 5.33. The molecule has 1 aromatic heterocycles. The minimum absolute atomic E-state index is 0.285. The zero-order valence-corrected chi connectivity index (χ0v) is 8.93. The Morgan fingerprint density at radius 1 is 1.44 bits per heavy atom. The minimum Gasteiger partial charge on any atom is -0.346 e. The van der Waals surface area contributed by atoms with Gasteiger partial charge in [-0.05, 0) is 31.2 Å².